The van der Waals surface area contributed by atoms with Crippen LogP contribution < -0.4 is 10.6 Å². The molecule has 1 aromatic rings. The fourth-order valence-electron chi connectivity index (χ4n) is 2.47. The van der Waals surface area contributed by atoms with E-state index in [2.05, 4.69) is 44.0 Å². The van der Waals surface area contributed by atoms with Gasteiger partial charge in [0.1, 0.15) is 0 Å². The Morgan fingerprint density at radius 1 is 1.41 bits per heavy atom. The summed E-state index contributed by atoms with van der Waals surface area (Å²) in [5.41, 5.74) is 9.69. The zero-order valence-electron chi connectivity index (χ0n) is 11.2. The highest BCUT2D eigenvalue weighted by atomic mass is 15.1. The molecular weight excluding hydrogens is 208 g/mol. The lowest BCUT2D eigenvalue weighted by atomic mass is 10.0. The van der Waals surface area contributed by atoms with Gasteiger partial charge in [-0.05, 0) is 68.8 Å². The van der Waals surface area contributed by atoms with E-state index in [9.17, 15) is 0 Å². The van der Waals surface area contributed by atoms with Gasteiger partial charge in [0.2, 0.25) is 0 Å². The van der Waals surface area contributed by atoms with Crippen molar-refractivity contribution in [1.29, 1.82) is 0 Å². The number of nitrogens with two attached hydrogens (primary N) is 1. The van der Waals surface area contributed by atoms with Crippen molar-refractivity contribution < 1.29 is 0 Å². The summed E-state index contributed by atoms with van der Waals surface area (Å²) in [6.07, 6.45) is 3.78. The van der Waals surface area contributed by atoms with Crippen molar-refractivity contribution in [3.63, 3.8) is 0 Å². The molecule has 1 aliphatic carbocycles. The standard InChI is InChI=1S/C15H24N2/c1-11-10-15(7-6-13(11)8-9-16)17(3)12(2)14-4-5-14/h6-7,10,12,14H,4-5,8-9,16H2,1-3H3. The van der Waals surface area contributed by atoms with Gasteiger partial charge in [-0.25, -0.2) is 0 Å². The average molecular weight is 232 g/mol. The van der Waals surface area contributed by atoms with Gasteiger partial charge < -0.3 is 10.6 Å². The summed E-state index contributed by atoms with van der Waals surface area (Å²) in [7, 11) is 2.21. The summed E-state index contributed by atoms with van der Waals surface area (Å²) in [6, 6.07) is 7.42. The molecular formula is C15H24N2. The van der Waals surface area contributed by atoms with Crippen molar-refractivity contribution in [2.75, 3.05) is 18.5 Å². The van der Waals surface area contributed by atoms with Crippen LogP contribution in [0.4, 0.5) is 5.69 Å². The number of hydrogen-bond acceptors (Lipinski definition) is 2. The number of rotatable bonds is 5. The van der Waals surface area contributed by atoms with Gasteiger partial charge >= 0.3 is 0 Å². The maximum Gasteiger partial charge on any atom is 0.0368 e. The van der Waals surface area contributed by atoms with Gasteiger partial charge in [-0.3, -0.25) is 0 Å². The van der Waals surface area contributed by atoms with Crippen LogP contribution >= 0.6 is 0 Å². The van der Waals surface area contributed by atoms with Crippen LogP contribution in [0.3, 0.4) is 0 Å². The maximum absolute atomic E-state index is 5.61. The van der Waals surface area contributed by atoms with Crippen LogP contribution in [0.1, 0.15) is 30.9 Å². The molecule has 2 rings (SSSR count). The van der Waals surface area contributed by atoms with Gasteiger partial charge in [0.15, 0.2) is 0 Å². The highest BCUT2D eigenvalue weighted by molar-refractivity contribution is 5.51. The highest BCUT2D eigenvalue weighted by Crippen LogP contribution is 2.36. The molecule has 1 fully saturated rings. The molecule has 2 N–H and O–H groups in total. The zero-order chi connectivity index (χ0) is 12.4. The Bertz CT molecular complexity index is 383. The summed E-state index contributed by atoms with van der Waals surface area (Å²) >= 11 is 0. The Labute approximate surface area is 105 Å². The number of benzene rings is 1. The maximum atomic E-state index is 5.61. The molecule has 1 aliphatic rings. The van der Waals surface area contributed by atoms with Crippen molar-refractivity contribution in [3.8, 4) is 0 Å². The summed E-state index contributed by atoms with van der Waals surface area (Å²) in [4.78, 5) is 2.41. The fraction of sp³-hybridized carbons (Fsp3) is 0.600. The first-order chi connectivity index (χ1) is 8.13. The normalized spacial score (nSPS) is 16.9. The molecule has 0 saturated heterocycles. The predicted molar refractivity (Wildman–Crippen MR) is 74.5 cm³/mol. The number of anilines is 1. The topological polar surface area (TPSA) is 29.3 Å². The Balaban J connectivity index is 2.12. The molecule has 2 heteroatoms. The lowest BCUT2D eigenvalue weighted by molar-refractivity contribution is 0.609. The summed E-state index contributed by atoms with van der Waals surface area (Å²) < 4.78 is 0. The van der Waals surface area contributed by atoms with Crippen LogP contribution in [0.5, 0.6) is 0 Å². The van der Waals surface area contributed by atoms with E-state index in [-0.39, 0.29) is 0 Å². The van der Waals surface area contributed by atoms with Crippen molar-refractivity contribution in [3.05, 3.63) is 29.3 Å². The number of nitrogens with zero attached hydrogens (tertiary/aromatic N) is 1. The van der Waals surface area contributed by atoms with Crippen molar-refractivity contribution in [2.24, 2.45) is 11.7 Å². The van der Waals surface area contributed by atoms with Crippen LogP contribution in [-0.4, -0.2) is 19.6 Å². The monoisotopic (exact) mass is 232 g/mol. The molecule has 0 radical (unpaired) electrons. The minimum absolute atomic E-state index is 0.662. The second kappa shape index (κ2) is 5.09. The Morgan fingerprint density at radius 3 is 2.65 bits per heavy atom. The molecule has 1 saturated carbocycles. The van der Waals surface area contributed by atoms with E-state index in [0.29, 0.717) is 6.04 Å². The second-order valence-electron chi connectivity index (χ2n) is 5.34. The second-order valence-corrected chi connectivity index (χ2v) is 5.34. The van der Waals surface area contributed by atoms with E-state index < -0.39 is 0 Å². The van der Waals surface area contributed by atoms with Crippen molar-refractivity contribution >= 4 is 5.69 Å². The van der Waals surface area contributed by atoms with E-state index >= 15 is 0 Å². The van der Waals surface area contributed by atoms with Crippen LogP contribution in [0.15, 0.2) is 18.2 Å². The smallest absolute Gasteiger partial charge is 0.0368 e. The third-order valence-electron chi connectivity index (χ3n) is 4.06. The molecule has 94 valence electrons. The van der Waals surface area contributed by atoms with Gasteiger partial charge in [0.25, 0.3) is 0 Å². The van der Waals surface area contributed by atoms with Crippen LogP contribution in [0.2, 0.25) is 0 Å². The van der Waals surface area contributed by atoms with Crippen molar-refractivity contribution in [1.82, 2.24) is 0 Å². The molecule has 0 spiro atoms. The molecule has 0 aromatic heterocycles. The number of hydrogen-bond donors (Lipinski definition) is 1. The highest BCUT2D eigenvalue weighted by Gasteiger charge is 2.30. The largest absolute Gasteiger partial charge is 0.372 e. The third-order valence-corrected chi connectivity index (χ3v) is 4.06. The van der Waals surface area contributed by atoms with Crippen LogP contribution in [0.25, 0.3) is 0 Å². The lowest BCUT2D eigenvalue weighted by Crippen LogP contribution is -2.30. The fourth-order valence-corrected chi connectivity index (χ4v) is 2.47. The SMILES string of the molecule is Cc1cc(N(C)C(C)C2CC2)ccc1CCN. The van der Waals surface area contributed by atoms with Crippen LogP contribution in [0, 0.1) is 12.8 Å². The third kappa shape index (κ3) is 2.81. The Hall–Kier alpha value is -1.02. The Kier molecular flexibility index (Phi) is 3.72. The van der Waals surface area contributed by atoms with Gasteiger partial charge in [0.05, 0.1) is 0 Å². The van der Waals surface area contributed by atoms with Gasteiger partial charge in [-0.1, -0.05) is 6.07 Å². The summed E-state index contributed by atoms with van der Waals surface area (Å²) in [5, 5.41) is 0. The minimum atomic E-state index is 0.662. The summed E-state index contributed by atoms with van der Waals surface area (Å²) in [6.45, 7) is 5.25. The molecule has 0 aliphatic heterocycles. The van der Waals surface area contributed by atoms with E-state index in [0.717, 1.165) is 18.9 Å². The van der Waals surface area contributed by atoms with Crippen molar-refractivity contribution in [2.45, 2.75) is 39.2 Å². The molecule has 1 atom stereocenters. The Morgan fingerprint density at radius 2 is 2.12 bits per heavy atom. The van der Waals surface area contributed by atoms with Gasteiger partial charge in [-0.15, -0.1) is 0 Å². The first-order valence-corrected chi connectivity index (χ1v) is 6.66. The first-order valence-electron chi connectivity index (χ1n) is 6.66. The van der Waals surface area contributed by atoms with E-state index in [1.807, 2.05) is 0 Å². The number of aryl methyl sites for hydroxylation is 1. The molecule has 0 heterocycles. The van der Waals surface area contributed by atoms with E-state index in [1.54, 1.807) is 0 Å². The average Bonchev–Trinajstić information content (AvgIpc) is 3.14. The van der Waals surface area contributed by atoms with Crippen LogP contribution in [-0.2, 0) is 6.42 Å². The lowest BCUT2D eigenvalue weighted by Gasteiger charge is -2.27. The quantitative estimate of drug-likeness (QED) is 0.846. The first kappa shape index (κ1) is 12.4. The molecule has 0 bridgehead atoms. The molecule has 2 nitrogen and oxygen atoms in total. The molecule has 1 aromatic carbocycles. The molecule has 0 amide bonds. The zero-order valence-corrected chi connectivity index (χ0v) is 11.2. The van der Waals surface area contributed by atoms with E-state index in [1.165, 1.54) is 29.7 Å². The van der Waals surface area contributed by atoms with E-state index in [4.69, 9.17) is 5.73 Å². The predicted octanol–water partition coefficient (Wildman–Crippen LogP) is 2.73. The minimum Gasteiger partial charge on any atom is -0.372 e. The van der Waals surface area contributed by atoms with Gasteiger partial charge in [-0.2, -0.15) is 0 Å². The van der Waals surface area contributed by atoms with Gasteiger partial charge in [0, 0.05) is 18.8 Å². The summed E-state index contributed by atoms with van der Waals surface area (Å²) in [5.74, 6) is 0.907. The molecule has 1 unspecified atom stereocenters. The molecule has 17 heavy (non-hydrogen) atoms.